The van der Waals surface area contributed by atoms with E-state index in [1.165, 1.54) is 13.2 Å². The Labute approximate surface area is 129 Å². The van der Waals surface area contributed by atoms with E-state index in [1.54, 1.807) is 12.1 Å². The van der Waals surface area contributed by atoms with Gasteiger partial charge in [0, 0.05) is 19.4 Å². The number of nitrogens with one attached hydrogen (secondary N) is 1. The Hall–Kier alpha value is -2.11. The molecule has 1 aromatic carbocycles. The number of ether oxygens (including phenoxy) is 1. The largest absolute Gasteiger partial charge is 0.494 e. The Morgan fingerprint density at radius 3 is 2.64 bits per heavy atom. The second kappa shape index (κ2) is 9.76. The number of unbranched alkanes of at least 4 members (excludes halogenated alkanes) is 2. The third kappa shape index (κ3) is 7.06. The number of benzene rings is 1. The van der Waals surface area contributed by atoms with Crippen molar-refractivity contribution in [3.05, 3.63) is 29.6 Å². The third-order valence-corrected chi connectivity index (χ3v) is 3.25. The van der Waals surface area contributed by atoms with Gasteiger partial charge in [-0.05, 0) is 37.0 Å². The van der Waals surface area contributed by atoms with Crippen LogP contribution in [-0.4, -0.2) is 30.6 Å². The number of halogens is 1. The van der Waals surface area contributed by atoms with Crippen LogP contribution >= 0.6 is 0 Å². The first-order valence-electron chi connectivity index (χ1n) is 7.34. The Bertz CT molecular complexity index is 505. The van der Waals surface area contributed by atoms with Crippen LogP contribution in [0.3, 0.4) is 0 Å². The topological polar surface area (TPSA) is 75.6 Å². The summed E-state index contributed by atoms with van der Waals surface area (Å²) in [7, 11) is 1.40. The molecule has 122 valence electrons. The van der Waals surface area contributed by atoms with Crippen molar-refractivity contribution in [2.24, 2.45) is 0 Å². The number of amides is 1. The van der Waals surface area contributed by atoms with E-state index in [9.17, 15) is 14.0 Å². The van der Waals surface area contributed by atoms with Gasteiger partial charge in [-0.25, -0.2) is 4.39 Å². The number of carbonyl (C=O) groups is 2. The lowest BCUT2D eigenvalue weighted by molar-refractivity contribution is -0.137. The summed E-state index contributed by atoms with van der Waals surface area (Å²) in [6, 6.07) is 4.66. The van der Waals surface area contributed by atoms with E-state index in [4.69, 9.17) is 9.84 Å². The Morgan fingerprint density at radius 2 is 2.00 bits per heavy atom. The molecular formula is C16H22FNO4. The lowest BCUT2D eigenvalue weighted by Gasteiger charge is -2.06. The van der Waals surface area contributed by atoms with Gasteiger partial charge in [0.2, 0.25) is 5.91 Å². The molecule has 2 N–H and O–H groups in total. The van der Waals surface area contributed by atoms with E-state index in [2.05, 4.69) is 5.32 Å². The van der Waals surface area contributed by atoms with Crippen LogP contribution in [0.5, 0.6) is 5.75 Å². The molecular weight excluding hydrogens is 289 g/mol. The maximum absolute atomic E-state index is 13.5. The average molecular weight is 311 g/mol. The van der Waals surface area contributed by atoms with Crippen LogP contribution in [0.4, 0.5) is 4.39 Å². The molecule has 0 aromatic heterocycles. The van der Waals surface area contributed by atoms with Crippen molar-refractivity contribution in [2.45, 2.75) is 38.5 Å². The molecule has 1 rings (SSSR count). The smallest absolute Gasteiger partial charge is 0.303 e. The molecule has 6 heteroatoms. The molecule has 5 nitrogen and oxygen atoms in total. The van der Waals surface area contributed by atoms with Crippen molar-refractivity contribution >= 4 is 11.9 Å². The summed E-state index contributed by atoms with van der Waals surface area (Å²) in [6.45, 7) is 0.537. The minimum atomic E-state index is -0.796. The van der Waals surface area contributed by atoms with E-state index in [0.29, 0.717) is 25.8 Å². The number of hydrogen-bond acceptors (Lipinski definition) is 3. The van der Waals surface area contributed by atoms with Crippen molar-refractivity contribution in [1.82, 2.24) is 5.32 Å². The zero-order chi connectivity index (χ0) is 16.4. The first-order valence-corrected chi connectivity index (χ1v) is 7.34. The average Bonchev–Trinajstić information content (AvgIpc) is 2.48. The zero-order valence-electron chi connectivity index (χ0n) is 12.7. The van der Waals surface area contributed by atoms with Crippen LogP contribution in [0.15, 0.2) is 18.2 Å². The molecule has 0 aliphatic carbocycles. The van der Waals surface area contributed by atoms with Crippen LogP contribution in [0, 0.1) is 5.82 Å². The number of methoxy groups -OCH3 is 1. The van der Waals surface area contributed by atoms with Gasteiger partial charge in [0.05, 0.1) is 7.11 Å². The van der Waals surface area contributed by atoms with Gasteiger partial charge < -0.3 is 15.2 Å². The van der Waals surface area contributed by atoms with Gasteiger partial charge in [0.15, 0.2) is 11.6 Å². The standard InChI is InChI=1S/C16H22FNO4/c1-22-14-8-6-12(11-13(14)17)7-9-15(19)18-10-4-2-3-5-16(20)21/h6,8,11H,2-5,7,9-10H2,1H3,(H,18,19)(H,20,21). The van der Waals surface area contributed by atoms with Crippen LogP contribution in [0.1, 0.15) is 37.7 Å². The predicted molar refractivity (Wildman–Crippen MR) is 80.4 cm³/mol. The van der Waals surface area contributed by atoms with Crippen molar-refractivity contribution in [3.63, 3.8) is 0 Å². The molecule has 22 heavy (non-hydrogen) atoms. The fourth-order valence-corrected chi connectivity index (χ4v) is 2.02. The molecule has 0 heterocycles. The van der Waals surface area contributed by atoms with Gasteiger partial charge >= 0.3 is 5.97 Å². The van der Waals surface area contributed by atoms with E-state index >= 15 is 0 Å². The van der Waals surface area contributed by atoms with E-state index in [-0.39, 0.29) is 18.1 Å². The van der Waals surface area contributed by atoms with Crippen LogP contribution < -0.4 is 10.1 Å². The normalized spacial score (nSPS) is 10.3. The number of carbonyl (C=O) groups excluding carboxylic acids is 1. The van der Waals surface area contributed by atoms with Gasteiger partial charge in [0.1, 0.15) is 0 Å². The van der Waals surface area contributed by atoms with E-state index < -0.39 is 11.8 Å². The molecule has 0 bridgehead atoms. The Balaban J connectivity index is 2.18. The molecule has 0 aliphatic rings. The second-order valence-corrected chi connectivity index (χ2v) is 5.02. The van der Waals surface area contributed by atoms with Gasteiger partial charge in [0.25, 0.3) is 0 Å². The fraction of sp³-hybridized carbons (Fsp3) is 0.500. The third-order valence-electron chi connectivity index (χ3n) is 3.25. The second-order valence-electron chi connectivity index (χ2n) is 5.02. The first-order chi connectivity index (χ1) is 10.5. The maximum Gasteiger partial charge on any atom is 0.303 e. The maximum atomic E-state index is 13.5. The molecule has 0 spiro atoms. The minimum absolute atomic E-state index is 0.0885. The molecule has 0 saturated heterocycles. The summed E-state index contributed by atoms with van der Waals surface area (Å²) in [4.78, 5) is 22.0. The number of aryl methyl sites for hydroxylation is 1. The fourth-order valence-electron chi connectivity index (χ4n) is 2.02. The van der Waals surface area contributed by atoms with Gasteiger partial charge in [-0.2, -0.15) is 0 Å². The lowest BCUT2D eigenvalue weighted by atomic mass is 10.1. The van der Waals surface area contributed by atoms with Gasteiger partial charge in [-0.1, -0.05) is 12.5 Å². The van der Waals surface area contributed by atoms with E-state index in [1.807, 2.05) is 0 Å². The first kappa shape index (κ1) is 17.9. The minimum Gasteiger partial charge on any atom is -0.494 e. The van der Waals surface area contributed by atoms with Gasteiger partial charge in [-0.15, -0.1) is 0 Å². The monoisotopic (exact) mass is 311 g/mol. The summed E-state index contributed by atoms with van der Waals surface area (Å²) in [5.41, 5.74) is 0.745. The van der Waals surface area contributed by atoms with Crippen LogP contribution in [0.2, 0.25) is 0 Å². The highest BCUT2D eigenvalue weighted by Gasteiger charge is 2.06. The quantitative estimate of drug-likeness (QED) is 0.651. The SMILES string of the molecule is COc1ccc(CCC(=O)NCCCCCC(=O)O)cc1F. The summed E-state index contributed by atoms with van der Waals surface area (Å²) in [6.07, 6.45) is 3.08. The summed E-state index contributed by atoms with van der Waals surface area (Å²) < 4.78 is 18.3. The summed E-state index contributed by atoms with van der Waals surface area (Å²) in [5.74, 6) is -1.13. The van der Waals surface area contributed by atoms with Crippen LogP contribution in [0.25, 0.3) is 0 Å². The van der Waals surface area contributed by atoms with Crippen molar-refractivity contribution < 1.29 is 23.8 Å². The number of carboxylic acids is 1. The van der Waals surface area contributed by atoms with Crippen molar-refractivity contribution in [3.8, 4) is 5.75 Å². The molecule has 0 fully saturated rings. The number of hydrogen-bond donors (Lipinski definition) is 2. The lowest BCUT2D eigenvalue weighted by Crippen LogP contribution is -2.24. The summed E-state index contributed by atoms with van der Waals surface area (Å²) in [5, 5.41) is 11.3. The highest BCUT2D eigenvalue weighted by Crippen LogP contribution is 2.18. The Kier molecular flexibility index (Phi) is 7.96. The van der Waals surface area contributed by atoms with Crippen molar-refractivity contribution in [1.29, 1.82) is 0 Å². The number of rotatable bonds is 10. The Morgan fingerprint density at radius 1 is 1.23 bits per heavy atom. The molecule has 0 unspecified atom stereocenters. The number of aliphatic carboxylic acids is 1. The predicted octanol–water partition coefficient (Wildman–Crippen LogP) is 2.53. The van der Waals surface area contributed by atoms with Crippen molar-refractivity contribution in [2.75, 3.05) is 13.7 Å². The number of carboxylic acid groups (broad SMARTS) is 1. The highest BCUT2D eigenvalue weighted by molar-refractivity contribution is 5.76. The molecule has 0 saturated carbocycles. The zero-order valence-corrected chi connectivity index (χ0v) is 12.7. The molecule has 0 atom stereocenters. The van der Waals surface area contributed by atoms with E-state index in [0.717, 1.165) is 18.4 Å². The molecule has 1 amide bonds. The van der Waals surface area contributed by atoms with Crippen LogP contribution in [-0.2, 0) is 16.0 Å². The summed E-state index contributed by atoms with van der Waals surface area (Å²) >= 11 is 0. The molecule has 1 aromatic rings. The molecule has 0 radical (unpaired) electrons. The highest BCUT2D eigenvalue weighted by atomic mass is 19.1. The van der Waals surface area contributed by atoms with Gasteiger partial charge in [-0.3, -0.25) is 9.59 Å². The molecule has 0 aliphatic heterocycles.